The monoisotopic (exact) mass is 485 g/mol. The van der Waals surface area contributed by atoms with Gasteiger partial charge in [0.1, 0.15) is 4.83 Å². The van der Waals surface area contributed by atoms with E-state index in [1.54, 1.807) is 29.5 Å². The molecule has 0 aliphatic heterocycles. The Labute approximate surface area is 200 Å². The van der Waals surface area contributed by atoms with Crippen LogP contribution in [0.2, 0.25) is 0 Å². The van der Waals surface area contributed by atoms with Gasteiger partial charge in [-0.1, -0.05) is 0 Å². The summed E-state index contributed by atoms with van der Waals surface area (Å²) in [7, 11) is 3.02. The maximum absolute atomic E-state index is 13.0. The molecular weight excluding hydrogens is 458 g/mol. The number of hydrogen-bond donors (Lipinski definition) is 1. The van der Waals surface area contributed by atoms with Crippen LogP contribution < -0.4 is 20.3 Å². The van der Waals surface area contributed by atoms with E-state index in [9.17, 15) is 14.4 Å². The predicted octanol–water partition coefficient (Wildman–Crippen LogP) is 3.31. The van der Waals surface area contributed by atoms with Gasteiger partial charge in [-0.25, -0.2) is 4.98 Å². The van der Waals surface area contributed by atoms with Crippen LogP contribution in [0.1, 0.15) is 36.6 Å². The highest BCUT2D eigenvalue weighted by atomic mass is 32.1. The molecule has 1 N–H and O–H groups in total. The first-order valence-corrected chi connectivity index (χ1v) is 11.9. The fraction of sp³-hybridized carbons (Fsp3) is 0.417. The number of nitrogens with zero attached hydrogens (tertiary/aromatic N) is 2. The number of aryl methyl sites for hydroxylation is 3. The molecule has 180 valence electrons. The zero-order valence-corrected chi connectivity index (χ0v) is 20.2. The molecule has 0 bridgehead atoms. The van der Waals surface area contributed by atoms with Crippen LogP contribution >= 0.6 is 11.3 Å². The quantitative estimate of drug-likeness (QED) is 0.488. The van der Waals surface area contributed by atoms with Crippen molar-refractivity contribution in [3.05, 3.63) is 45.3 Å². The summed E-state index contributed by atoms with van der Waals surface area (Å²) in [6.07, 6.45) is 4.51. The molecule has 2 aromatic heterocycles. The molecule has 2 heterocycles. The van der Waals surface area contributed by atoms with Crippen LogP contribution in [0.4, 0.5) is 5.69 Å². The lowest BCUT2D eigenvalue weighted by Gasteiger charge is -2.15. The normalized spacial score (nSPS) is 13.7. The maximum Gasteiger partial charge on any atom is 0.308 e. The minimum atomic E-state index is -1.01. The Hall–Kier alpha value is -3.40. The fourth-order valence-corrected chi connectivity index (χ4v) is 5.24. The Balaban J connectivity index is 1.35. The molecule has 34 heavy (non-hydrogen) atoms. The molecule has 9 nitrogen and oxygen atoms in total. The van der Waals surface area contributed by atoms with Gasteiger partial charge in [-0.3, -0.25) is 19.0 Å². The third-order valence-corrected chi connectivity index (χ3v) is 7.03. The number of ether oxygens (including phenoxy) is 3. The molecule has 0 radical (unpaired) electrons. The maximum atomic E-state index is 13.0. The molecule has 1 amide bonds. The van der Waals surface area contributed by atoms with Gasteiger partial charge < -0.3 is 19.5 Å². The molecule has 1 aliphatic rings. The number of carbonyl (C=O) groups excluding carboxylic acids is 2. The van der Waals surface area contributed by atoms with Gasteiger partial charge in [0.15, 0.2) is 17.6 Å². The molecule has 3 aromatic rings. The zero-order valence-electron chi connectivity index (χ0n) is 19.4. The number of thiophene rings is 1. The number of benzene rings is 1. The smallest absolute Gasteiger partial charge is 0.308 e. The van der Waals surface area contributed by atoms with E-state index in [0.29, 0.717) is 22.6 Å². The van der Waals surface area contributed by atoms with E-state index in [0.717, 1.165) is 36.1 Å². The number of anilines is 1. The Morgan fingerprint density at radius 3 is 2.71 bits per heavy atom. The van der Waals surface area contributed by atoms with Gasteiger partial charge in [-0.05, 0) is 50.3 Å². The molecule has 4 rings (SSSR count). The van der Waals surface area contributed by atoms with Crippen LogP contribution in [-0.4, -0.2) is 41.8 Å². The first kappa shape index (κ1) is 23.7. The summed E-state index contributed by atoms with van der Waals surface area (Å²) >= 11 is 1.59. The van der Waals surface area contributed by atoms with Gasteiger partial charge >= 0.3 is 5.97 Å². The van der Waals surface area contributed by atoms with Crippen molar-refractivity contribution in [3.63, 3.8) is 0 Å². The van der Waals surface area contributed by atoms with Gasteiger partial charge in [-0.15, -0.1) is 11.3 Å². The molecule has 0 spiro atoms. The van der Waals surface area contributed by atoms with Crippen LogP contribution in [0, 0.1) is 0 Å². The third-order valence-electron chi connectivity index (χ3n) is 5.83. The summed E-state index contributed by atoms with van der Waals surface area (Å²) in [5.74, 6) is -0.0567. The lowest BCUT2D eigenvalue weighted by molar-refractivity contribution is -0.153. The van der Waals surface area contributed by atoms with Gasteiger partial charge in [-0.2, -0.15) is 0 Å². The molecule has 1 aromatic carbocycles. The molecule has 1 unspecified atom stereocenters. The van der Waals surface area contributed by atoms with E-state index in [1.165, 1.54) is 36.9 Å². The van der Waals surface area contributed by atoms with E-state index in [2.05, 4.69) is 10.3 Å². The first-order chi connectivity index (χ1) is 16.4. The fourth-order valence-electron chi connectivity index (χ4n) is 4.02. The molecule has 0 saturated carbocycles. The van der Waals surface area contributed by atoms with Crippen molar-refractivity contribution in [2.24, 2.45) is 0 Å². The van der Waals surface area contributed by atoms with Gasteiger partial charge in [0.25, 0.3) is 11.5 Å². The molecule has 0 fully saturated rings. The summed E-state index contributed by atoms with van der Waals surface area (Å²) in [4.78, 5) is 44.3. The highest BCUT2D eigenvalue weighted by molar-refractivity contribution is 7.18. The molecule has 10 heteroatoms. The van der Waals surface area contributed by atoms with E-state index < -0.39 is 18.0 Å². The van der Waals surface area contributed by atoms with E-state index in [-0.39, 0.29) is 18.5 Å². The SMILES string of the molecule is COc1ccc(NC(=O)C(C)OC(=O)CCn2cnc3sc4c(c3c2=O)CCCC4)cc1OC. The van der Waals surface area contributed by atoms with Crippen molar-refractivity contribution in [1.82, 2.24) is 9.55 Å². The number of rotatable bonds is 8. The molecule has 0 saturated heterocycles. The Bertz CT molecular complexity index is 1280. The number of carbonyl (C=O) groups is 2. The summed E-state index contributed by atoms with van der Waals surface area (Å²) in [5.41, 5.74) is 1.47. The van der Waals surface area contributed by atoms with Gasteiger partial charge in [0.05, 0.1) is 32.4 Å². The lowest BCUT2D eigenvalue weighted by Crippen LogP contribution is -2.30. The van der Waals surface area contributed by atoms with Crippen LogP contribution in [-0.2, 0) is 33.7 Å². The minimum Gasteiger partial charge on any atom is -0.493 e. The average Bonchev–Trinajstić information content (AvgIpc) is 3.22. The van der Waals surface area contributed by atoms with Gasteiger partial charge in [0.2, 0.25) is 0 Å². The van der Waals surface area contributed by atoms with Crippen molar-refractivity contribution >= 4 is 39.1 Å². The van der Waals surface area contributed by atoms with Crippen molar-refractivity contribution in [2.45, 2.75) is 51.7 Å². The lowest BCUT2D eigenvalue weighted by atomic mass is 9.97. The van der Waals surface area contributed by atoms with E-state index in [1.807, 2.05) is 0 Å². The van der Waals surface area contributed by atoms with Crippen LogP contribution in [0.15, 0.2) is 29.3 Å². The zero-order chi connectivity index (χ0) is 24.2. The first-order valence-electron chi connectivity index (χ1n) is 11.1. The second-order valence-electron chi connectivity index (χ2n) is 8.08. The van der Waals surface area contributed by atoms with Crippen molar-refractivity contribution in [1.29, 1.82) is 0 Å². The molecular formula is C24H27N3O6S. The number of esters is 1. The second kappa shape index (κ2) is 10.3. The number of nitrogens with one attached hydrogen (secondary N) is 1. The van der Waals surface area contributed by atoms with Crippen LogP contribution in [0.5, 0.6) is 11.5 Å². The highest BCUT2D eigenvalue weighted by Gasteiger charge is 2.21. The van der Waals surface area contributed by atoms with Gasteiger partial charge in [0, 0.05) is 23.2 Å². The summed E-state index contributed by atoms with van der Waals surface area (Å²) in [5, 5.41) is 3.37. The average molecular weight is 486 g/mol. The number of aromatic nitrogens is 2. The van der Waals surface area contributed by atoms with Crippen LogP contribution in [0.3, 0.4) is 0 Å². The van der Waals surface area contributed by atoms with E-state index in [4.69, 9.17) is 14.2 Å². The number of hydrogen-bond acceptors (Lipinski definition) is 8. The molecule has 1 aliphatic carbocycles. The van der Waals surface area contributed by atoms with E-state index >= 15 is 0 Å². The highest BCUT2D eigenvalue weighted by Crippen LogP contribution is 2.33. The Morgan fingerprint density at radius 2 is 1.94 bits per heavy atom. The minimum absolute atomic E-state index is 0.0482. The Morgan fingerprint density at radius 1 is 1.18 bits per heavy atom. The number of amides is 1. The van der Waals surface area contributed by atoms with Crippen molar-refractivity contribution in [2.75, 3.05) is 19.5 Å². The van der Waals surface area contributed by atoms with Crippen LogP contribution in [0.25, 0.3) is 10.2 Å². The third kappa shape index (κ3) is 4.91. The van der Waals surface area contributed by atoms with Crippen molar-refractivity contribution in [3.8, 4) is 11.5 Å². The predicted molar refractivity (Wildman–Crippen MR) is 129 cm³/mol. The van der Waals surface area contributed by atoms with Crippen molar-refractivity contribution < 1.29 is 23.8 Å². The standard InChI is InChI=1S/C24H27N3O6S/c1-14(22(29)26-15-8-9-17(31-2)18(12-15)32-3)33-20(28)10-11-27-13-25-23-21(24(27)30)16-6-4-5-7-19(16)34-23/h8-9,12-14H,4-7,10-11H2,1-3H3,(H,26,29). The summed E-state index contributed by atoms with van der Waals surface area (Å²) < 4.78 is 17.1. The second-order valence-corrected chi connectivity index (χ2v) is 9.16. The number of methoxy groups -OCH3 is 2. The summed E-state index contributed by atoms with van der Waals surface area (Å²) in [6, 6.07) is 4.94. The summed E-state index contributed by atoms with van der Waals surface area (Å²) in [6.45, 7) is 1.63. The number of fused-ring (bicyclic) bond motifs is 3. The topological polar surface area (TPSA) is 109 Å². The molecule has 1 atom stereocenters. The largest absolute Gasteiger partial charge is 0.493 e. The Kier molecular flexibility index (Phi) is 7.16.